The molecule has 0 saturated heterocycles. The van der Waals surface area contributed by atoms with E-state index < -0.39 is 0 Å². The number of rotatable bonds is 6. The molecule has 0 aliphatic carbocycles. The lowest BCUT2D eigenvalue weighted by atomic mass is 10.0. The van der Waals surface area contributed by atoms with Gasteiger partial charge in [-0.05, 0) is 30.7 Å². The number of nitrogens with two attached hydrogens (primary N) is 2. The highest BCUT2D eigenvalue weighted by Crippen LogP contribution is 2.39. The Balaban J connectivity index is 0.00000289. The average molecular weight is 277 g/mol. The van der Waals surface area contributed by atoms with Gasteiger partial charge in [0.1, 0.15) is 0 Å². The quantitative estimate of drug-likeness (QED) is 0.823. The Kier molecular flexibility index (Phi) is 7.50. The summed E-state index contributed by atoms with van der Waals surface area (Å²) in [7, 11) is 4.73. The van der Waals surface area contributed by atoms with Crippen molar-refractivity contribution < 1.29 is 14.2 Å². The minimum Gasteiger partial charge on any atom is -0.493 e. The zero-order valence-electron chi connectivity index (χ0n) is 10.9. The summed E-state index contributed by atoms with van der Waals surface area (Å²) in [5.41, 5.74) is 12.4. The summed E-state index contributed by atoms with van der Waals surface area (Å²) in [4.78, 5) is 0. The van der Waals surface area contributed by atoms with Gasteiger partial charge >= 0.3 is 0 Å². The molecule has 0 unspecified atom stereocenters. The Hall–Kier alpha value is -1.17. The second kappa shape index (κ2) is 8.02. The van der Waals surface area contributed by atoms with Crippen LogP contribution in [0.4, 0.5) is 0 Å². The molecule has 0 aliphatic rings. The monoisotopic (exact) mass is 276 g/mol. The van der Waals surface area contributed by atoms with Crippen molar-refractivity contribution in [2.24, 2.45) is 11.5 Å². The molecule has 6 heteroatoms. The summed E-state index contributed by atoms with van der Waals surface area (Å²) in [6, 6.07) is 3.57. The highest BCUT2D eigenvalue weighted by Gasteiger charge is 2.16. The second-order valence-corrected chi connectivity index (χ2v) is 3.64. The zero-order chi connectivity index (χ0) is 12.8. The van der Waals surface area contributed by atoms with E-state index in [0.29, 0.717) is 30.2 Å². The molecule has 1 aromatic carbocycles. The van der Waals surface area contributed by atoms with E-state index in [1.807, 2.05) is 12.1 Å². The number of hydrogen-bond donors (Lipinski definition) is 2. The number of halogens is 1. The summed E-state index contributed by atoms with van der Waals surface area (Å²) in [6.45, 7) is 0.540. The number of benzene rings is 1. The maximum Gasteiger partial charge on any atom is 0.203 e. The molecule has 0 bridgehead atoms. The van der Waals surface area contributed by atoms with Crippen LogP contribution in [-0.2, 0) is 0 Å². The SMILES string of the molecule is COc1cc([C@H](N)CCN)cc(OC)c1OC.Cl. The Morgan fingerprint density at radius 3 is 1.89 bits per heavy atom. The largest absolute Gasteiger partial charge is 0.493 e. The summed E-state index contributed by atoms with van der Waals surface area (Å²) in [5, 5.41) is 0. The van der Waals surface area contributed by atoms with Gasteiger partial charge in [0.05, 0.1) is 21.3 Å². The van der Waals surface area contributed by atoms with Crippen molar-refractivity contribution in [1.29, 1.82) is 0 Å². The lowest BCUT2D eigenvalue weighted by Crippen LogP contribution is -2.15. The molecular weight excluding hydrogens is 256 g/mol. The average Bonchev–Trinajstić information content (AvgIpc) is 2.37. The Labute approximate surface area is 114 Å². The van der Waals surface area contributed by atoms with E-state index in [1.165, 1.54) is 0 Å². The Morgan fingerprint density at radius 1 is 1.06 bits per heavy atom. The molecule has 0 aliphatic heterocycles. The summed E-state index contributed by atoms with van der Waals surface area (Å²) >= 11 is 0. The van der Waals surface area contributed by atoms with Crippen LogP contribution in [0.3, 0.4) is 0 Å². The van der Waals surface area contributed by atoms with Gasteiger partial charge in [-0.2, -0.15) is 0 Å². The van der Waals surface area contributed by atoms with Crippen LogP contribution < -0.4 is 25.7 Å². The van der Waals surface area contributed by atoms with Crippen LogP contribution in [0.25, 0.3) is 0 Å². The van der Waals surface area contributed by atoms with Crippen LogP contribution in [0.5, 0.6) is 17.2 Å². The molecular formula is C12H21ClN2O3. The molecule has 0 fully saturated rings. The van der Waals surface area contributed by atoms with E-state index in [9.17, 15) is 0 Å². The van der Waals surface area contributed by atoms with Crippen LogP contribution in [-0.4, -0.2) is 27.9 Å². The van der Waals surface area contributed by atoms with Gasteiger partial charge in [0.15, 0.2) is 11.5 Å². The zero-order valence-corrected chi connectivity index (χ0v) is 11.8. The first-order valence-electron chi connectivity index (χ1n) is 5.43. The van der Waals surface area contributed by atoms with E-state index >= 15 is 0 Å². The van der Waals surface area contributed by atoms with Crippen molar-refractivity contribution >= 4 is 12.4 Å². The summed E-state index contributed by atoms with van der Waals surface area (Å²) < 4.78 is 15.7. The van der Waals surface area contributed by atoms with Crippen molar-refractivity contribution in [1.82, 2.24) is 0 Å². The fraction of sp³-hybridized carbons (Fsp3) is 0.500. The van der Waals surface area contributed by atoms with Crippen molar-refractivity contribution in [3.63, 3.8) is 0 Å². The smallest absolute Gasteiger partial charge is 0.203 e. The van der Waals surface area contributed by atoms with Crippen LogP contribution >= 0.6 is 12.4 Å². The molecule has 0 amide bonds. The molecule has 18 heavy (non-hydrogen) atoms. The van der Waals surface area contributed by atoms with E-state index in [-0.39, 0.29) is 18.4 Å². The van der Waals surface area contributed by atoms with Crippen molar-refractivity contribution in [2.75, 3.05) is 27.9 Å². The van der Waals surface area contributed by atoms with Crippen molar-refractivity contribution in [2.45, 2.75) is 12.5 Å². The van der Waals surface area contributed by atoms with Crippen LogP contribution in [0, 0.1) is 0 Å². The molecule has 104 valence electrons. The third-order valence-corrected chi connectivity index (χ3v) is 2.59. The van der Waals surface area contributed by atoms with Gasteiger partial charge in [-0.1, -0.05) is 0 Å². The number of hydrogen-bond acceptors (Lipinski definition) is 5. The summed E-state index contributed by atoms with van der Waals surface area (Å²) in [5.74, 6) is 1.78. The minimum atomic E-state index is -0.131. The molecule has 0 radical (unpaired) electrons. The first-order chi connectivity index (χ1) is 8.17. The Morgan fingerprint density at radius 2 is 1.56 bits per heavy atom. The lowest BCUT2D eigenvalue weighted by molar-refractivity contribution is 0.323. The predicted octanol–water partition coefficient (Wildman–Crippen LogP) is 1.48. The fourth-order valence-corrected chi connectivity index (χ4v) is 1.66. The number of ether oxygens (including phenoxy) is 3. The molecule has 1 aromatic rings. The normalized spacial score (nSPS) is 11.4. The minimum absolute atomic E-state index is 0. The van der Waals surface area contributed by atoms with Gasteiger partial charge in [0.25, 0.3) is 0 Å². The molecule has 0 spiro atoms. The van der Waals surface area contributed by atoms with Crippen LogP contribution in [0.1, 0.15) is 18.0 Å². The Bertz CT molecular complexity index is 349. The van der Waals surface area contributed by atoms with Crippen LogP contribution in [0.15, 0.2) is 12.1 Å². The fourth-order valence-electron chi connectivity index (χ4n) is 1.66. The first kappa shape index (κ1) is 16.8. The molecule has 1 atom stereocenters. The van der Waals surface area contributed by atoms with E-state index in [1.54, 1.807) is 21.3 Å². The molecule has 0 aromatic heterocycles. The van der Waals surface area contributed by atoms with Gasteiger partial charge in [-0.3, -0.25) is 0 Å². The topological polar surface area (TPSA) is 79.7 Å². The molecule has 1 rings (SSSR count). The molecule has 0 heterocycles. The molecule has 5 nitrogen and oxygen atoms in total. The maximum absolute atomic E-state index is 6.01. The van der Waals surface area contributed by atoms with Crippen LogP contribution in [0.2, 0.25) is 0 Å². The van der Waals surface area contributed by atoms with E-state index in [2.05, 4.69) is 0 Å². The van der Waals surface area contributed by atoms with E-state index in [0.717, 1.165) is 5.56 Å². The third kappa shape index (κ3) is 3.66. The van der Waals surface area contributed by atoms with Gasteiger partial charge in [-0.25, -0.2) is 0 Å². The number of methoxy groups -OCH3 is 3. The highest BCUT2D eigenvalue weighted by molar-refractivity contribution is 5.85. The molecule has 4 N–H and O–H groups in total. The third-order valence-electron chi connectivity index (χ3n) is 2.59. The highest BCUT2D eigenvalue weighted by atomic mass is 35.5. The second-order valence-electron chi connectivity index (χ2n) is 3.64. The van der Waals surface area contributed by atoms with Gasteiger partial charge in [-0.15, -0.1) is 12.4 Å². The van der Waals surface area contributed by atoms with Gasteiger partial charge in [0, 0.05) is 6.04 Å². The van der Waals surface area contributed by atoms with Gasteiger partial charge in [0.2, 0.25) is 5.75 Å². The van der Waals surface area contributed by atoms with Crippen molar-refractivity contribution in [3.8, 4) is 17.2 Å². The summed E-state index contributed by atoms with van der Waals surface area (Å²) in [6.07, 6.45) is 0.707. The van der Waals surface area contributed by atoms with Gasteiger partial charge < -0.3 is 25.7 Å². The first-order valence-corrected chi connectivity index (χ1v) is 5.43. The van der Waals surface area contributed by atoms with Crippen molar-refractivity contribution in [3.05, 3.63) is 17.7 Å². The standard InChI is InChI=1S/C12H20N2O3.ClH/c1-15-10-6-8(9(14)4-5-13)7-11(16-2)12(10)17-3;/h6-7,9H,4-5,13-14H2,1-3H3;1H/t9-;/m1./s1. The molecule has 0 saturated carbocycles. The predicted molar refractivity (Wildman–Crippen MR) is 73.9 cm³/mol. The maximum atomic E-state index is 6.01. The lowest BCUT2D eigenvalue weighted by Gasteiger charge is -2.17. The van der Waals surface area contributed by atoms with E-state index in [4.69, 9.17) is 25.7 Å².